The number of aryl methyl sites for hydroxylation is 1. The van der Waals surface area contributed by atoms with Gasteiger partial charge in [-0.2, -0.15) is 5.10 Å². The Balaban J connectivity index is 1.81. The van der Waals surface area contributed by atoms with Crippen LogP contribution in [-0.2, 0) is 0 Å². The molecular formula is C26H16FN3O. The zero-order chi connectivity index (χ0) is 21.1. The maximum Gasteiger partial charge on any atom is 0.196 e. The lowest BCUT2D eigenvalue weighted by molar-refractivity contribution is 0.104. The van der Waals surface area contributed by atoms with Gasteiger partial charge in [-0.1, -0.05) is 60.7 Å². The summed E-state index contributed by atoms with van der Waals surface area (Å²) in [6, 6.07) is 23.6. The van der Waals surface area contributed by atoms with E-state index in [1.807, 2.05) is 55.5 Å². The maximum atomic E-state index is 15.0. The molecule has 0 unspecified atom stereocenters. The van der Waals surface area contributed by atoms with E-state index < -0.39 is 0 Å². The Morgan fingerprint density at radius 3 is 2.16 bits per heavy atom. The van der Waals surface area contributed by atoms with E-state index in [2.05, 4.69) is 0 Å². The Bertz CT molecular complexity index is 1520. The van der Waals surface area contributed by atoms with Crippen molar-refractivity contribution in [3.05, 3.63) is 102 Å². The lowest BCUT2D eigenvalue weighted by atomic mass is 9.94. The first-order chi connectivity index (χ1) is 15.1. The number of carbonyl (C=O) groups is 1. The highest BCUT2D eigenvalue weighted by atomic mass is 19.1. The van der Waals surface area contributed by atoms with E-state index in [4.69, 9.17) is 10.1 Å². The van der Waals surface area contributed by atoms with Crippen LogP contribution in [0.25, 0.3) is 39.1 Å². The quantitative estimate of drug-likeness (QED) is 0.369. The third-order valence-corrected chi connectivity index (χ3v) is 5.79. The Labute approximate surface area is 177 Å². The largest absolute Gasteiger partial charge is 0.288 e. The molecule has 0 amide bonds. The fourth-order valence-corrected chi connectivity index (χ4v) is 4.44. The van der Waals surface area contributed by atoms with Crippen LogP contribution < -0.4 is 0 Å². The number of aromatic nitrogens is 3. The van der Waals surface area contributed by atoms with Crippen molar-refractivity contribution in [3.63, 3.8) is 0 Å². The van der Waals surface area contributed by atoms with E-state index in [1.54, 1.807) is 28.9 Å². The standard InChI is InChI=1S/C26H16FN3O/c1-15-21-22(19-13-7-8-14-20(19)27)23-24(17-11-5-6-12-18(17)25(23)31)28-26(21)30(29-15)16-9-3-2-4-10-16/h2-14H,1H3. The summed E-state index contributed by atoms with van der Waals surface area (Å²) in [5.41, 5.74) is 5.44. The Hall–Kier alpha value is -4.12. The normalized spacial score (nSPS) is 12.3. The van der Waals surface area contributed by atoms with Crippen LogP contribution in [-0.4, -0.2) is 20.5 Å². The van der Waals surface area contributed by atoms with Gasteiger partial charge in [0.1, 0.15) is 5.82 Å². The highest BCUT2D eigenvalue weighted by Gasteiger charge is 2.34. The van der Waals surface area contributed by atoms with E-state index >= 15 is 4.39 Å². The van der Waals surface area contributed by atoms with Gasteiger partial charge in [-0.3, -0.25) is 4.79 Å². The zero-order valence-corrected chi connectivity index (χ0v) is 16.6. The first-order valence-electron chi connectivity index (χ1n) is 10.0. The molecule has 0 bridgehead atoms. The molecule has 2 aromatic heterocycles. The Morgan fingerprint density at radius 2 is 1.42 bits per heavy atom. The fraction of sp³-hybridized carbons (Fsp3) is 0.0385. The molecule has 3 aromatic carbocycles. The first kappa shape index (κ1) is 17.7. The number of carbonyl (C=O) groups excluding carboxylic acids is 1. The summed E-state index contributed by atoms with van der Waals surface area (Å²) < 4.78 is 16.8. The number of hydrogen-bond acceptors (Lipinski definition) is 3. The van der Waals surface area contributed by atoms with Crippen LogP contribution in [0.1, 0.15) is 21.6 Å². The van der Waals surface area contributed by atoms with Crippen molar-refractivity contribution in [1.82, 2.24) is 14.8 Å². The van der Waals surface area contributed by atoms with Crippen LogP contribution in [0.2, 0.25) is 0 Å². The third-order valence-electron chi connectivity index (χ3n) is 5.79. The summed E-state index contributed by atoms with van der Waals surface area (Å²) in [6.07, 6.45) is 0. The number of halogens is 1. The van der Waals surface area contributed by atoms with Gasteiger partial charge in [-0.15, -0.1) is 0 Å². The summed E-state index contributed by atoms with van der Waals surface area (Å²) in [5, 5.41) is 5.41. The summed E-state index contributed by atoms with van der Waals surface area (Å²) in [4.78, 5) is 18.4. The van der Waals surface area contributed by atoms with E-state index in [1.165, 1.54) is 6.07 Å². The number of benzene rings is 3. The molecule has 0 saturated heterocycles. The molecule has 0 atom stereocenters. The fourth-order valence-electron chi connectivity index (χ4n) is 4.44. The molecule has 148 valence electrons. The molecule has 0 spiro atoms. The van der Waals surface area contributed by atoms with Crippen LogP contribution in [0.3, 0.4) is 0 Å². The lowest BCUT2D eigenvalue weighted by Gasteiger charge is -2.12. The third kappa shape index (κ3) is 2.43. The minimum atomic E-state index is -0.382. The van der Waals surface area contributed by atoms with E-state index in [0.29, 0.717) is 44.7 Å². The number of ketones is 1. The molecule has 4 nitrogen and oxygen atoms in total. The van der Waals surface area contributed by atoms with Gasteiger partial charge >= 0.3 is 0 Å². The van der Waals surface area contributed by atoms with Gasteiger partial charge in [0, 0.05) is 22.3 Å². The molecular weight excluding hydrogens is 389 g/mol. The monoisotopic (exact) mass is 405 g/mol. The molecule has 5 aromatic rings. The van der Waals surface area contributed by atoms with Crippen molar-refractivity contribution in [3.8, 4) is 28.1 Å². The second-order valence-electron chi connectivity index (χ2n) is 7.60. The number of hydrogen-bond donors (Lipinski definition) is 0. The molecule has 0 radical (unpaired) electrons. The van der Waals surface area contributed by atoms with Crippen LogP contribution >= 0.6 is 0 Å². The molecule has 0 fully saturated rings. The SMILES string of the molecule is Cc1nn(-c2ccccc2)c2nc3c(c(-c4ccccc4F)c12)C(=O)c1ccccc1-3. The Kier molecular flexibility index (Phi) is 3.68. The number of para-hydroxylation sites is 1. The van der Waals surface area contributed by atoms with Gasteiger partial charge in [-0.25, -0.2) is 14.1 Å². The lowest BCUT2D eigenvalue weighted by Crippen LogP contribution is -2.03. The van der Waals surface area contributed by atoms with Crippen molar-refractivity contribution in [1.29, 1.82) is 0 Å². The zero-order valence-electron chi connectivity index (χ0n) is 16.6. The van der Waals surface area contributed by atoms with Gasteiger partial charge in [0.25, 0.3) is 0 Å². The van der Waals surface area contributed by atoms with Crippen molar-refractivity contribution >= 4 is 16.8 Å². The van der Waals surface area contributed by atoms with Crippen LogP contribution in [0.4, 0.5) is 4.39 Å². The molecule has 5 heteroatoms. The molecule has 0 aliphatic heterocycles. The number of rotatable bonds is 2. The van der Waals surface area contributed by atoms with Gasteiger partial charge < -0.3 is 0 Å². The highest BCUT2D eigenvalue weighted by Crippen LogP contribution is 2.45. The number of nitrogens with zero attached hydrogens (tertiary/aromatic N) is 3. The average Bonchev–Trinajstić information content (AvgIpc) is 3.29. The first-order valence-corrected chi connectivity index (χ1v) is 10.0. The van der Waals surface area contributed by atoms with Crippen molar-refractivity contribution in [2.45, 2.75) is 6.92 Å². The van der Waals surface area contributed by atoms with Gasteiger partial charge in [0.05, 0.1) is 28.0 Å². The minimum Gasteiger partial charge on any atom is -0.288 e. The smallest absolute Gasteiger partial charge is 0.196 e. The van der Waals surface area contributed by atoms with Crippen LogP contribution in [0.5, 0.6) is 0 Å². The predicted molar refractivity (Wildman–Crippen MR) is 118 cm³/mol. The highest BCUT2D eigenvalue weighted by molar-refractivity contribution is 6.26. The summed E-state index contributed by atoms with van der Waals surface area (Å²) >= 11 is 0. The topological polar surface area (TPSA) is 47.8 Å². The molecule has 31 heavy (non-hydrogen) atoms. The number of fused-ring (bicyclic) bond motifs is 4. The van der Waals surface area contributed by atoms with Crippen LogP contribution in [0.15, 0.2) is 78.9 Å². The molecule has 6 rings (SSSR count). The minimum absolute atomic E-state index is 0.134. The van der Waals surface area contributed by atoms with E-state index in [-0.39, 0.29) is 11.6 Å². The Morgan fingerprint density at radius 1 is 0.774 bits per heavy atom. The summed E-state index contributed by atoms with van der Waals surface area (Å²) in [7, 11) is 0. The van der Waals surface area contributed by atoms with E-state index in [0.717, 1.165) is 11.3 Å². The van der Waals surface area contributed by atoms with Gasteiger partial charge in [0.2, 0.25) is 0 Å². The van der Waals surface area contributed by atoms with Crippen molar-refractivity contribution in [2.24, 2.45) is 0 Å². The van der Waals surface area contributed by atoms with Gasteiger partial charge in [0.15, 0.2) is 11.4 Å². The predicted octanol–water partition coefficient (Wildman–Crippen LogP) is 5.75. The second kappa shape index (κ2) is 6.44. The second-order valence-corrected chi connectivity index (χ2v) is 7.60. The summed E-state index contributed by atoms with van der Waals surface area (Å²) in [6.45, 7) is 1.87. The van der Waals surface area contributed by atoms with E-state index in [9.17, 15) is 4.79 Å². The van der Waals surface area contributed by atoms with Crippen molar-refractivity contribution in [2.75, 3.05) is 0 Å². The molecule has 1 aliphatic carbocycles. The number of pyridine rings is 1. The van der Waals surface area contributed by atoms with Crippen LogP contribution in [0, 0.1) is 12.7 Å². The van der Waals surface area contributed by atoms with Gasteiger partial charge in [-0.05, 0) is 25.1 Å². The average molecular weight is 405 g/mol. The summed E-state index contributed by atoms with van der Waals surface area (Å²) in [5.74, 6) is -0.516. The van der Waals surface area contributed by atoms with Crippen molar-refractivity contribution < 1.29 is 9.18 Å². The molecule has 0 saturated carbocycles. The molecule has 0 N–H and O–H groups in total. The molecule has 1 aliphatic rings. The molecule has 2 heterocycles. The maximum absolute atomic E-state index is 15.0.